The van der Waals surface area contributed by atoms with Gasteiger partial charge in [-0.05, 0) is 31.0 Å². The van der Waals surface area contributed by atoms with E-state index in [-0.39, 0.29) is 17.5 Å². The topological polar surface area (TPSA) is 29.1 Å². The van der Waals surface area contributed by atoms with Crippen molar-refractivity contribution in [1.29, 1.82) is 0 Å². The highest BCUT2D eigenvalue weighted by Crippen LogP contribution is 2.26. The molecule has 1 aromatic carbocycles. The van der Waals surface area contributed by atoms with E-state index in [2.05, 4.69) is 5.32 Å². The first-order chi connectivity index (χ1) is 8.56. The Kier molecular flexibility index (Phi) is 4.11. The fourth-order valence-electron chi connectivity index (χ4n) is 2.31. The normalized spacial score (nSPS) is 23.9. The molecule has 1 aliphatic rings. The Morgan fingerprint density at radius 1 is 1.17 bits per heavy atom. The molecule has 1 aromatic rings. The molecular formula is C13H17F2NOSi. The van der Waals surface area contributed by atoms with Gasteiger partial charge >= 0.3 is 0 Å². The third-order valence-electron chi connectivity index (χ3n) is 3.53. The van der Waals surface area contributed by atoms with Crippen LogP contribution in [0.2, 0.25) is 5.54 Å². The Morgan fingerprint density at radius 2 is 1.83 bits per heavy atom. The van der Waals surface area contributed by atoms with Gasteiger partial charge in [0.15, 0.2) is 11.6 Å². The van der Waals surface area contributed by atoms with Crippen LogP contribution in [-0.2, 0) is 0 Å². The number of benzene rings is 1. The SMILES string of the molecule is O=C(N[C@H]1CC[C@@H]([SiH3])CC1)c1ccc(F)c(F)c1. The van der Waals surface area contributed by atoms with Crippen LogP contribution in [0.5, 0.6) is 0 Å². The molecule has 18 heavy (non-hydrogen) atoms. The summed E-state index contributed by atoms with van der Waals surface area (Å²) in [6, 6.07) is 3.42. The average Bonchev–Trinajstić information content (AvgIpc) is 2.35. The number of halogens is 2. The second-order valence-corrected chi connectivity index (χ2v) is 6.69. The summed E-state index contributed by atoms with van der Waals surface area (Å²) in [5.41, 5.74) is 1.03. The largest absolute Gasteiger partial charge is 0.349 e. The monoisotopic (exact) mass is 269 g/mol. The molecule has 0 bridgehead atoms. The summed E-state index contributed by atoms with van der Waals surface area (Å²) >= 11 is 0. The van der Waals surface area contributed by atoms with Crippen LogP contribution in [0.15, 0.2) is 18.2 Å². The maximum atomic E-state index is 13.0. The minimum atomic E-state index is -0.981. The lowest BCUT2D eigenvalue weighted by Crippen LogP contribution is -2.37. The first-order valence-electron chi connectivity index (χ1n) is 6.32. The van der Waals surface area contributed by atoms with Crippen LogP contribution in [0, 0.1) is 11.6 Å². The molecule has 1 saturated carbocycles. The van der Waals surface area contributed by atoms with E-state index in [1.165, 1.54) is 16.3 Å². The van der Waals surface area contributed by atoms with E-state index in [4.69, 9.17) is 0 Å². The highest BCUT2D eigenvalue weighted by atomic mass is 28.1. The van der Waals surface area contributed by atoms with Crippen LogP contribution in [0.1, 0.15) is 36.0 Å². The summed E-state index contributed by atoms with van der Waals surface area (Å²) in [6.45, 7) is 0. The van der Waals surface area contributed by atoms with Crippen LogP contribution >= 0.6 is 0 Å². The van der Waals surface area contributed by atoms with E-state index >= 15 is 0 Å². The number of hydrogen-bond donors (Lipinski definition) is 1. The van der Waals surface area contributed by atoms with Gasteiger partial charge in [0.2, 0.25) is 0 Å². The van der Waals surface area contributed by atoms with Crippen molar-refractivity contribution in [3.63, 3.8) is 0 Å². The number of nitrogens with one attached hydrogen (secondary N) is 1. The molecular weight excluding hydrogens is 252 g/mol. The lowest BCUT2D eigenvalue weighted by atomic mass is 9.94. The third-order valence-corrected chi connectivity index (χ3v) is 4.69. The average molecular weight is 269 g/mol. The number of carbonyl (C=O) groups excluding carboxylic acids is 1. The smallest absolute Gasteiger partial charge is 0.251 e. The minimum Gasteiger partial charge on any atom is -0.349 e. The van der Waals surface area contributed by atoms with Crippen molar-refractivity contribution in [2.75, 3.05) is 0 Å². The van der Waals surface area contributed by atoms with Crippen molar-refractivity contribution in [2.45, 2.75) is 37.3 Å². The van der Waals surface area contributed by atoms with Gasteiger partial charge in [-0.25, -0.2) is 8.78 Å². The van der Waals surface area contributed by atoms with Gasteiger partial charge in [-0.15, -0.1) is 0 Å². The van der Waals surface area contributed by atoms with Gasteiger partial charge < -0.3 is 5.32 Å². The molecule has 1 amide bonds. The summed E-state index contributed by atoms with van der Waals surface area (Å²) in [5.74, 6) is -2.22. The molecule has 0 radical (unpaired) electrons. The van der Waals surface area contributed by atoms with Crippen LogP contribution in [0.25, 0.3) is 0 Å². The first-order valence-corrected chi connectivity index (χ1v) is 7.47. The van der Waals surface area contributed by atoms with E-state index in [0.29, 0.717) is 0 Å². The van der Waals surface area contributed by atoms with Gasteiger partial charge in [0.25, 0.3) is 5.91 Å². The molecule has 0 aromatic heterocycles. The third kappa shape index (κ3) is 3.16. The highest BCUT2D eigenvalue weighted by Gasteiger charge is 2.20. The fourth-order valence-corrected chi connectivity index (χ4v) is 2.98. The first kappa shape index (κ1) is 13.2. The molecule has 0 spiro atoms. The number of hydrogen-bond acceptors (Lipinski definition) is 1. The van der Waals surface area contributed by atoms with Crippen molar-refractivity contribution in [3.05, 3.63) is 35.4 Å². The zero-order valence-corrected chi connectivity index (χ0v) is 12.4. The Morgan fingerprint density at radius 3 is 2.44 bits per heavy atom. The van der Waals surface area contributed by atoms with Crippen LogP contribution in [0.4, 0.5) is 8.78 Å². The molecule has 1 fully saturated rings. The summed E-state index contributed by atoms with van der Waals surface area (Å²) < 4.78 is 25.8. The van der Waals surface area contributed by atoms with Gasteiger partial charge in [-0.2, -0.15) is 0 Å². The second kappa shape index (κ2) is 5.61. The summed E-state index contributed by atoms with van der Waals surface area (Å²) in [7, 11) is 1.21. The molecule has 0 aliphatic heterocycles. The summed E-state index contributed by atoms with van der Waals surface area (Å²) in [5, 5.41) is 2.89. The van der Waals surface area contributed by atoms with Crippen molar-refractivity contribution >= 4 is 16.1 Å². The molecule has 2 nitrogen and oxygen atoms in total. The predicted octanol–water partition coefficient (Wildman–Crippen LogP) is 1.79. The quantitative estimate of drug-likeness (QED) is 0.815. The molecule has 0 saturated heterocycles. The summed E-state index contributed by atoms with van der Waals surface area (Å²) in [6.07, 6.45) is 4.30. The standard InChI is InChI=1S/C13H17F2NOSi/c14-11-6-1-8(7-12(11)15)13(17)16-9-2-4-10(18)5-3-9/h1,6-7,9-10H,2-5H2,18H3,(H,16,17)/t9-,10+. The van der Waals surface area contributed by atoms with Gasteiger partial charge in [0.05, 0.1) is 0 Å². The van der Waals surface area contributed by atoms with Gasteiger partial charge in [-0.1, -0.05) is 18.4 Å². The lowest BCUT2D eigenvalue weighted by Gasteiger charge is -2.26. The zero-order chi connectivity index (χ0) is 13.1. The molecule has 1 aliphatic carbocycles. The maximum absolute atomic E-state index is 13.0. The molecule has 98 valence electrons. The molecule has 2 rings (SSSR count). The van der Waals surface area contributed by atoms with Gasteiger partial charge in [0, 0.05) is 21.8 Å². The number of rotatable bonds is 2. The van der Waals surface area contributed by atoms with Crippen LogP contribution in [-0.4, -0.2) is 22.2 Å². The second-order valence-electron chi connectivity index (χ2n) is 5.06. The van der Waals surface area contributed by atoms with Crippen LogP contribution < -0.4 is 5.32 Å². The molecule has 0 atom stereocenters. The predicted molar refractivity (Wildman–Crippen MR) is 69.8 cm³/mol. The van der Waals surface area contributed by atoms with Crippen molar-refractivity contribution < 1.29 is 13.6 Å². The molecule has 0 heterocycles. The molecule has 5 heteroatoms. The zero-order valence-electron chi connectivity index (χ0n) is 10.4. The number of carbonyl (C=O) groups is 1. The maximum Gasteiger partial charge on any atom is 0.251 e. The van der Waals surface area contributed by atoms with E-state index in [1.54, 1.807) is 0 Å². The van der Waals surface area contributed by atoms with Crippen molar-refractivity contribution in [3.8, 4) is 0 Å². The number of amides is 1. The molecule has 0 unspecified atom stereocenters. The van der Waals surface area contributed by atoms with Gasteiger partial charge in [-0.3, -0.25) is 4.79 Å². The van der Waals surface area contributed by atoms with E-state index in [9.17, 15) is 13.6 Å². The lowest BCUT2D eigenvalue weighted by molar-refractivity contribution is 0.0927. The Labute approximate surface area is 108 Å². The summed E-state index contributed by atoms with van der Waals surface area (Å²) in [4.78, 5) is 11.9. The Hall–Kier alpha value is -1.23. The van der Waals surface area contributed by atoms with E-state index in [0.717, 1.165) is 43.4 Å². The van der Waals surface area contributed by atoms with E-state index < -0.39 is 11.6 Å². The van der Waals surface area contributed by atoms with Crippen molar-refractivity contribution in [2.24, 2.45) is 0 Å². The Bertz CT molecular complexity index is 445. The van der Waals surface area contributed by atoms with E-state index in [1.807, 2.05) is 0 Å². The minimum absolute atomic E-state index is 0.177. The highest BCUT2D eigenvalue weighted by molar-refractivity contribution is 6.11. The van der Waals surface area contributed by atoms with Crippen molar-refractivity contribution in [1.82, 2.24) is 5.32 Å². The molecule has 1 N–H and O–H groups in total. The van der Waals surface area contributed by atoms with Gasteiger partial charge in [0.1, 0.15) is 0 Å². The van der Waals surface area contributed by atoms with Crippen LogP contribution in [0.3, 0.4) is 0 Å². The fraction of sp³-hybridized carbons (Fsp3) is 0.462. The Balaban J connectivity index is 1.97.